The Morgan fingerprint density at radius 3 is 2.59 bits per heavy atom. The molecule has 0 saturated carbocycles. The molecular weight excluding hydrogens is 336 g/mol. The summed E-state index contributed by atoms with van der Waals surface area (Å²) in [5, 5.41) is 1.14. The lowest BCUT2D eigenvalue weighted by Gasteiger charge is -2.32. The second-order valence-corrected chi connectivity index (χ2v) is 9.36. The minimum atomic E-state index is -0.0594. The van der Waals surface area contributed by atoms with Crippen LogP contribution in [0.3, 0.4) is 0 Å². The zero-order chi connectivity index (χ0) is 19.8. The van der Waals surface area contributed by atoms with Crippen molar-refractivity contribution in [2.75, 3.05) is 7.11 Å². The molecule has 0 atom stereocenters. The fraction of sp³-hybridized carbons (Fsp3) is 0.625. The Labute approximate surface area is 163 Å². The summed E-state index contributed by atoms with van der Waals surface area (Å²) in [7, 11) is 1.69. The molecule has 1 aliphatic carbocycles. The van der Waals surface area contributed by atoms with Gasteiger partial charge in [-0.3, -0.25) is 4.79 Å². The summed E-state index contributed by atoms with van der Waals surface area (Å²) in [5.41, 5.74) is 3.08. The summed E-state index contributed by atoms with van der Waals surface area (Å²) in [6, 6.07) is 4.10. The van der Waals surface area contributed by atoms with E-state index in [1.54, 1.807) is 7.11 Å². The maximum atomic E-state index is 12.6. The fourth-order valence-electron chi connectivity index (χ4n) is 4.49. The van der Waals surface area contributed by atoms with Gasteiger partial charge in [0.2, 0.25) is 0 Å². The highest BCUT2D eigenvalue weighted by Gasteiger charge is 2.39. The normalized spacial score (nSPS) is 16.6. The van der Waals surface area contributed by atoms with Crippen LogP contribution in [0.25, 0.3) is 11.0 Å². The summed E-state index contributed by atoms with van der Waals surface area (Å²) < 4.78 is 11.7. The molecule has 27 heavy (non-hydrogen) atoms. The van der Waals surface area contributed by atoms with E-state index in [-0.39, 0.29) is 16.6 Å². The number of methoxy groups -OCH3 is 1. The number of fused-ring (bicyclic) bond motifs is 3. The summed E-state index contributed by atoms with van der Waals surface area (Å²) >= 11 is 0. The van der Waals surface area contributed by atoms with E-state index in [2.05, 4.69) is 40.7 Å². The van der Waals surface area contributed by atoms with Gasteiger partial charge in [-0.1, -0.05) is 60.3 Å². The number of carbonyl (C=O) groups is 1. The van der Waals surface area contributed by atoms with Crippen LogP contribution in [0.15, 0.2) is 16.5 Å². The highest BCUT2D eigenvalue weighted by atomic mass is 16.5. The first-order chi connectivity index (χ1) is 12.7. The van der Waals surface area contributed by atoms with Crippen LogP contribution in [0, 0.1) is 0 Å². The zero-order valence-corrected chi connectivity index (χ0v) is 17.8. The Bertz CT molecular complexity index is 839. The molecule has 0 N–H and O–H groups in total. The molecule has 1 aromatic heterocycles. The molecule has 1 heterocycles. The van der Waals surface area contributed by atoms with Gasteiger partial charge in [0.1, 0.15) is 11.3 Å². The summed E-state index contributed by atoms with van der Waals surface area (Å²) in [5.74, 6) is 1.50. The predicted octanol–water partition coefficient (Wildman–Crippen LogP) is 6.94. The van der Waals surface area contributed by atoms with Gasteiger partial charge < -0.3 is 9.15 Å². The number of furan rings is 1. The van der Waals surface area contributed by atoms with Crippen LogP contribution in [0.5, 0.6) is 5.75 Å². The maximum Gasteiger partial charge on any atom is 0.198 e. The predicted molar refractivity (Wildman–Crippen MR) is 111 cm³/mol. The van der Waals surface area contributed by atoms with Crippen LogP contribution in [0.1, 0.15) is 101 Å². The lowest BCUT2D eigenvalue weighted by Crippen LogP contribution is -2.27. The van der Waals surface area contributed by atoms with Crippen LogP contribution in [-0.4, -0.2) is 12.9 Å². The second kappa shape index (κ2) is 7.33. The zero-order valence-electron chi connectivity index (χ0n) is 17.8. The van der Waals surface area contributed by atoms with Gasteiger partial charge in [0, 0.05) is 23.4 Å². The molecule has 0 bridgehead atoms. The Balaban J connectivity index is 2.18. The van der Waals surface area contributed by atoms with E-state index in [1.165, 1.54) is 31.2 Å². The quantitative estimate of drug-likeness (QED) is 0.495. The average Bonchev–Trinajstić information content (AvgIpc) is 3.02. The van der Waals surface area contributed by atoms with Crippen LogP contribution >= 0.6 is 0 Å². The van der Waals surface area contributed by atoms with Gasteiger partial charge in [-0.05, 0) is 35.3 Å². The van der Waals surface area contributed by atoms with E-state index in [1.807, 2.05) is 6.07 Å². The summed E-state index contributed by atoms with van der Waals surface area (Å²) in [6.45, 7) is 11.3. The third-order valence-corrected chi connectivity index (χ3v) is 6.29. The first kappa shape index (κ1) is 20.0. The van der Waals surface area contributed by atoms with Gasteiger partial charge in [-0.2, -0.15) is 0 Å². The Hall–Kier alpha value is -1.77. The largest absolute Gasteiger partial charge is 0.497 e. The van der Waals surface area contributed by atoms with Crippen LogP contribution in [0.4, 0.5) is 0 Å². The molecule has 3 heteroatoms. The number of rotatable bonds is 7. The molecule has 0 saturated heterocycles. The van der Waals surface area contributed by atoms with Crippen molar-refractivity contribution < 1.29 is 13.9 Å². The number of ether oxygens (including phenoxy) is 1. The van der Waals surface area contributed by atoms with Crippen molar-refractivity contribution in [2.45, 2.75) is 90.4 Å². The molecule has 0 aliphatic heterocycles. The molecule has 0 fully saturated rings. The molecule has 1 aliphatic rings. The third-order valence-electron chi connectivity index (χ3n) is 6.29. The number of hydrogen-bond donors (Lipinski definition) is 0. The smallest absolute Gasteiger partial charge is 0.198 e. The van der Waals surface area contributed by atoms with E-state index in [4.69, 9.17) is 9.15 Å². The first-order valence-electron chi connectivity index (χ1n) is 10.4. The molecule has 0 unspecified atom stereocenters. The number of Topliss-reactive ketones (excluding diaryl/α,β-unsaturated/α-hetero) is 1. The van der Waals surface area contributed by atoms with Gasteiger partial charge in [0.25, 0.3) is 0 Å². The molecule has 0 amide bonds. The van der Waals surface area contributed by atoms with Crippen molar-refractivity contribution in [2.24, 2.45) is 0 Å². The van der Waals surface area contributed by atoms with E-state index in [0.29, 0.717) is 12.2 Å². The van der Waals surface area contributed by atoms with Gasteiger partial charge >= 0.3 is 0 Å². The number of ketones is 1. The van der Waals surface area contributed by atoms with Gasteiger partial charge in [-0.15, -0.1) is 0 Å². The molecule has 3 nitrogen and oxygen atoms in total. The van der Waals surface area contributed by atoms with E-state index in [9.17, 15) is 4.79 Å². The van der Waals surface area contributed by atoms with Crippen molar-refractivity contribution in [3.63, 3.8) is 0 Å². The minimum absolute atomic E-state index is 0.00521. The van der Waals surface area contributed by atoms with E-state index >= 15 is 0 Å². The standard InChI is InChI=1S/C24H34O3/c1-7-8-9-10-12-23(2,3)17-14-16(26-6)15-19-20(17)21-22(27-19)18(25)11-13-24(21,4)5/h14-15H,7-13H2,1-6H3. The lowest BCUT2D eigenvalue weighted by molar-refractivity contribution is 0.0928. The fourth-order valence-corrected chi connectivity index (χ4v) is 4.49. The van der Waals surface area contributed by atoms with Gasteiger partial charge in [0.05, 0.1) is 7.11 Å². The highest BCUT2D eigenvalue weighted by molar-refractivity contribution is 6.03. The highest BCUT2D eigenvalue weighted by Crippen LogP contribution is 2.48. The van der Waals surface area contributed by atoms with Gasteiger partial charge in [0.15, 0.2) is 11.5 Å². The number of unbranched alkanes of at least 4 members (excludes halogenated alkanes) is 3. The molecule has 0 spiro atoms. The minimum Gasteiger partial charge on any atom is -0.497 e. The maximum absolute atomic E-state index is 12.6. The molecule has 3 rings (SSSR count). The molecule has 148 valence electrons. The van der Waals surface area contributed by atoms with Crippen molar-refractivity contribution in [1.29, 1.82) is 0 Å². The molecule has 2 aromatic rings. The van der Waals surface area contributed by atoms with Crippen molar-refractivity contribution in [1.82, 2.24) is 0 Å². The molecule has 0 radical (unpaired) electrons. The first-order valence-corrected chi connectivity index (χ1v) is 10.4. The Morgan fingerprint density at radius 1 is 1.19 bits per heavy atom. The Morgan fingerprint density at radius 2 is 1.93 bits per heavy atom. The SMILES string of the molecule is CCCCCCC(C)(C)c1cc(OC)cc2oc3c(c12)C(C)(C)CCC3=O. The van der Waals surface area contributed by atoms with Crippen LogP contribution in [0.2, 0.25) is 0 Å². The van der Waals surface area contributed by atoms with Crippen molar-refractivity contribution >= 4 is 16.8 Å². The number of carbonyl (C=O) groups excluding carboxylic acids is 1. The average molecular weight is 371 g/mol. The summed E-state index contributed by atoms with van der Waals surface area (Å²) in [6.07, 6.45) is 7.55. The van der Waals surface area contributed by atoms with Gasteiger partial charge in [-0.25, -0.2) is 0 Å². The molecule has 1 aromatic carbocycles. The lowest BCUT2D eigenvalue weighted by atomic mass is 9.70. The topological polar surface area (TPSA) is 39.4 Å². The number of benzene rings is 1. The van der Waals surface area contributed by atoms with Crippen LogP contribution < -0.4 is 4.74 Å². The second-order valence-electron chi connectivity index (χ2n) is 9.36. The van der Waals surface area contributed by atoms with Crippen molar-refractivity contribution in [3.05, 3.63) is 29.0 Å². The van der Waals surface area contributed by atoms with Crippen molar-refractivity contribution in [3.8, 4) is 5.75 Å². The van der Waals surface area contributed by atoms with E-state index < -0.39 is 0 Å². The van der Waals surface area contributed by atoms with E-state index in [0.717, 1.165) is 35.1 Å². The third kappa shape index (κ3) is 3.66. The summed E-state index contributed by atoms with van der Waals surface area (Å²) in [4.78, 5) is 12.6. The monoisotopic (exact) mass is 370 g/mol. The van der Waals surface area contributed by atoms with Crippen LogP contribution in [-0.2, 0) is 10.8 Å². The Kier molecular flexibility index (Phi) is 5.42. The number of hydrogen-bond acceptors (Lipinski definition) is 3. The molecular formula is C24H34O3.